The summed E-state index contributed by atoms with van der Waals surface area (Å²) < 4.78 is 26.7. The molecule has 7 heteroatoms. The smallest absolute Gasteiger partial charge is 0.236 e. The summed E-state index contributed by atoms with van der Waals surface area (Å²) >= 11 is 0. The third-order valence-electron chi connectivity index (χ3n) is 4.47. The molecule has 122 valence electrons. The van der Waals surface area contributed by atoms with Crippen LogP contribution in [0.2, 0.25) is 0 Å². The second-order valence-electron chi connectivity index (χ2n) is 6.58. The number of carbonyl (C=O) groups excluding carboxylic acids is 1. The van der Waals surface area contributed by atoms with Gasteiger partial charge >= 0.3 is 0 Å². The highest BCUT2D eigenvalue weighted by atomic mass is 32.2. The van der Waals surface area contributed by atoms with Crippen LogP contribution < -0.4 is 15.8 Å². The summed E-state index contributed by atoms with van der Waals surface area (Å²) in [6, 6.07) is -0.101. The van der Waals surface area contributed by atoms with E-state index in [0.29, 0.717) is 18.4 Å². The molecule has 6 nitrogen and oxygen atoms in total. The van der Waals surface area contributed by atoms with Crippen LogP contribution in [0.5, 0.6) is 0 Å². The van der Waals surface area contributed by atoms with Gasteiger partial charge in [0.05, 0.1) is 0 Å². The zero-order valence-corrected chi connectivity index (χ0v) is 13.5. The minimum Gasteiger partial charge on any atom is -0.351 e. The van der Waals surface area contributed by atoms with Crippen molar-refractivity contribution < 1.29 is 13.2 Å². The molecule has 0 heterocycles. The van der Waals surface area contributed by atoms with Crippen molar-refractivity contribution in [3.05, 3.63) is 0 Å². The first-order valence-electron chi connectivity index (χ1n) is 7.89. The minimum atomic E-state index is -3.56. The van der Waals surface area contributed by atoms with Crippen LogP contribution >= 0.6 is 0 Å². The molecule has 1 atom stereocenters. The van der Waals surface area contributed by atoms with Gasteiger partial charge in [0.15, 0.2) is 0 Å². The Labute approximate surface area is 127 Å². The molecule has 2 rings (SSSR count). The number of nitrogens with two attached hydrogens (primary N) is 1. The predicted octanol–water partition coefficient (Wildman–Crippen LogP) is 0.338. The van der Waals surface area contributed by atoms with E-state index in [0.717, 1.165) is 38.5 Å². The Morgan fingerprint density at radius 3 is 2.33 bits per heavy atom. The number of sulfonamides is 1. The van der Waals surface area contributed by atoms with Crippen LogP contribution in [0.25, 0.3) is 0 Å². The van der Waals surface area contributed by atoms with Gasteiger partial charge in [0, 0.05) is 18.6 Å². The number of carbonyl (C=O) groups is 1. The lowest BCUT2D eigenvalue weighted by Gasteiger charge is -2.26. The number of hydrogen-bond acceptors (Lipinski definition) is 4. The van der Waals surface area contributed by atoms with Gasteiger partial charge in [-0.05, 0) is 50.4 Å². The van der Waals surface area contributed by atoms with E-state index in [-0.39, 0.29) is 12.1 Å². The zero-order valence-electron chi connectivity index (χ0n) is 12.7. The summed E-state index contributed by atoms with van der Waals surface area (Å²) in [6.45, 7) is 2.55. The quantitative estimate of drug-likeness (QED) is 0.630. The highest BCUT2D eigenvalue weighted by Gasteiger charge is 2.32. The van der Waals surface area contributed by atoms with Gasteiger partial charge < -0.3 is 11.1 Å². The van der Waals surface area contributed by atoms with Crippen molar-refractivity contribution in [1.29, 1.82) is 0 Å². The van der Waals surface area contributed by atoms with Crippen molar-refractivity contribution in [1.82, 2.24) is 10.0 Å². The summed E-state index contributed by atoms with van der Waals surface area (Å²) in [5.74, 6) is 0.142. The van der Waals surface area contributed by atoms with E-state index in [2.05, 4.69) is 17.0 Å². The van der Waals surface area contributed by atoms with Gasteiger partial charge in [-0.3, -0.25) is 4.79 Å². The molecule has 2 fully saturated rings. The SMILES string of the molecule is CC1CCC(NS(=O)(=O)CC(=O)NC(CN)C2CC2)CC1. The van der Waals surface area contributed by atoms with E-state index >= 15 is 0 Å². The summed E-state index contributed by atoms with van der Waals surface area (Å²) in [5.41, 5.74) is 5.61. The molecule has 0 aliphatic heterocycles. The molecule has 2 aliphatic rings. The van der Waals surface area contributed by atoms with E-state index in [1.807, 2.05) is 0 Å². The van der Waals surface area contributed by atoms with Crippen LogP contribution in [0.4, 0.5) is 0 Å². The molecule has 0 saturated heterocycles. The van der Waals surface area contributed by atoms with Crippen LogP contribution in [-0.4, -0.2) is 38.7 Å². The Bertz CT molecular complexity index is 454. The maximum atomic E-state index is 12.0. The molecule has 0 aromatic rings. The summed E-state index contributed by atoms with van der Waals surface area (Å²) in [6.07, 6.45) is 5.92. The lowest BCUT2D eigenvalue weighted by Crippen LogP contribution is -2.47. The van der Waals surface area contributed by atoms with Crippen LogP contribution in [0, 0.1) is 11.8 Å². The third-order valence-corrected chi connectivity index (χ3v) is 5.81. The van der Waals surface area contributed by atoms with Gasteiger partial charge in [-0.2, -0.15) is 0 Å². The highest BCUT2D eigenvalue weighted by Crippen LogP contribution is 2.32. The first kappa shape index (κ1) is 16.7. The molecule has 1 unspecified atom stereocenters. The Balaban J connectivity index is 1.78. The monoisotopic (exact) mass is 317 g/mol. The minimum absolute atomic E-state index is 0.0206. The molecular weight excluding hydrogens is 290 g/mol. The van der Waals surface area contributed by atoms with Crippen molar-refractivity contribution >= 4 is 15.9 Å². The number of amides is 1. The van der Waals surface area contributed by atoms with Crippen molar-refractivity contribution in [2.24, 2.45) is 17.6 Å². The average Bonchev–Trinajstić information content (AvgIpc) is 3.22. The Morgan fingerprint density at radius 1 is 1.19 bits per heavy atom. The standard InChI is InChI=1S/C14H27N3O3S/c1-10-2-6-12(7-3-10)17-21(19,20)9-14(18)16-13(8-15)11-4-5-11/h10-13,17H,2-9,15H2,1H3,(H,16,18). The topological polar surface area (TPSA) is 101 Å². The molecule has 1 amide bonds. The molecule has 21 heavy (non-hydrogen) atoms. The van der Waals surface area contributed by atoms with E-state index < -0.39 is 21.7 Å². The second kappa shape index (κ2) is 7.07. The van der Waals surface area contributed by atoms with E-state index in [4.69, 9.17) is 5.73 Å². The van der Waals surface area contributed by atoms with Crippen LogP contribution in [0.3, 0.4) is 0 Å². The third kappa shape index (κ3) is 5.56. The maximum Gasteiger partial charge on any atom is 0.236 e. The van der Waals surface area contributed by atoms with E-state index in [9.17, 15) is 13.2 Å². The lowest BCUT2D eigenvalue weighted by molar-refractivity contribution is -0.119. The fourth-order valence-electron chi connectivity index (χ4n) is 2.96. The van der Waals surface area contributed by atoms with Crippen LogP contribution in [-0.2, 0) is 14.8 Å². The first-order valence-corrected chi connectivity index (χ1v) is 9.54. The first-order chi connectivity index (χ1) is 9.89. The summed E-state index contributed by atoms with van der Waals surface area (Å²) in [7, 11) is -3.56. The molecular formula is C14H27N3O3S. The summed E-state index contributed by atoms with van der Waals surface area (Å²) in [4.78, 5) is 11.9. The molecule has 0 radical (unpaired) electrons. The van der Waals surface area contributed by atoms with Gasteiger partial charge in [-0.1, -0.05) is 6.92 Å². The Hall–Kier alpha value is -0.660. The average molecular weight is 317 g/mol. The molecule has 0 aromatic heterocycles. The number of rotatable bonds is 7. The van der Waals surface area contributed by atoms with Crippen molar-refractivity contribution in [2.75, 3.05) is 12.3 Å². The van der Waals surface area contributed by atoms with Crippen molar-refractivity contribution in [3.63, 3.8) is 0 Å². The molecule has 2 saturated carbocycles. The molecule has 0 spiro atoms. The molecule has 0 bridgehead atoms. The van der Waals surface area contributed by atoms with Crippen molar-refractivity contribution in [2.45, 2.75) is 57.5 Å². The second-order valence-corrected chi connectivity index (χ2v) is 8.33. The van der Waals surface area contributed by atoms with Gasteiger partial charge in [0.2, 0.25) is 15.9 Å². The van der Waals surface area contributed by atoms with Gasteiger partial charge in [-0.25, -0.2) is 13.1 Å². The van der Waals surface area contributed by atoms with E-state index in [1.54, 1.807) is 0 Å². The fraction of sp³-hybridized carbons (Fsp3) is 0.929. The molecule has 0 aromatic carbocycles. The van der Waals surface area contributed by atoms with Crippen LogP contribution in [0.1, 0.15) is 45.4 Å². The van der Waals surface area contributed by atoms with Crippen molar-refractivity contribution in [3.8, 4) is 0 Å². The predicted molar refractivity (Wildman–Crippen MR) is 82.1 cm³/mol. The molecule has 2 aliphatic carbocycles. The van der Waals surface area contributed by atoms with E-state index in [1.165, 1.54) is 0 Å². The van der Waals surface area contributed by atoms with Gasteiger partial charge in [-0.15, -0.1) is 0 Å². The number of hydrogen-bond donors (Lipinski definition) is 3. The van der Waals surface area contributed by atoms with Gasteiger partial charge in [0.1, 0.15) is 5.75 Å². The maximum absolute atomic E-state index is 12.0. The van der Waals surface area contributed by atoms with Gasteiger partial charge in [0.25, 0.3) is 0 Å². The lowest BCUT2D eigenvalue weighted by atomic mass is 9.88. The normalized spacial score (nSPS) is 28.1. The number of nitrogens with one attached hydrogen (secondary N) is 2. The Morgan fingerprint density at radius 2 is 1.81 bits per heavy atom. The Kier molecular flexibility index (Phi) is 5.62. The molecule has 4 N–H and O–H groups in total. The summed E-state index contributed by atoms with van der Waals surface area (Å²) in [5, 5.41) is 2.75. The fourth-order valence-corrected chi connectivity index (χ4v) is 4.22. The van der Waals surface area contributed by atoms with Crippen LogP contribution in [0.15, 0.2) is 0 Å². The largest absolute Gasteiger partial charge is 0.351 e. The highest BCUT2D eigenvalue weighted by molar-refractivity contribution is 7.90. The zero-order chi connectivity index (χ0) is 15.5.